The van der Waals surface area contributed by atoms with Gasteiger partial charge in [0.15, 0.2) is 0 Å². The van der Waals surface area contributed by atoms with Gasteiger partial charge in [0.2, 0.25) is 11.8 Å². The standard InChI is InChI=1S/C14H23ClN4O/c1-3-7-16-14-17-9-12(15)13(18-14)20-10-11-6-4-5-8-19(11)2/h9,11H,3-8,10H2,1-2H3,(H,16,17,18). The van der Waals surface area contributed by atoms with Gasteiger partial charge in [0.05, 0.1) is 6.20 Å². The molecule has 5 nitrogen and oxygen atoms in total. The van der Waals surface area contributed by atoms with E-state index >= 15 is 0 Å². The third-order valence-electron chi connectivity index (χ3n) is 3.58. The van der Waals surface area contributed by atoms with Gasteiger partial charge in [-0.2, -0.15) is 4.98 Å². The summed E-state index contributed by atoms with van der Waals surface area (Å²) in [5.41, 5.74) is 0. The summed E-state index contributed by atoms with van der Waals surface area (Å²) < 4.78 is 5.80. The summed E-state index contributed by atoms with van der Waals surface area (Å²) in [7, 11) is 2.14. The fourth-order valence-corrected chi connectivity index (χ4v) is 2.45. The van der Waals surface area contributed by atoms with Crippen molar-refractivity contribution in [3.05, 3.63) is 11.2 Å². The second-order valence-electron chi connectivity index (χ2n) is 5.21. The quantitative estimate of drug-likeness (QED) is 0.875. The molecule has 1 fully saturated rings. The summed E-state index contributed by atoms with van der Waals surface area (Å²) >= 11 is 6.09. The Morgan fingerprint density at radius 3 is 3.10 bits per heavy atom. The van der Waals surface area contributed by atoms with Crippen molar-refractivity contribution in [1.82, 2.24) is 14.9 Å². The molecule has 1 N–H and O–H groups in total. The number of piperidine rings is 1. The molecule has 1 aromatic heterocycles. The smallest absolute Gasteiger partial charge is 0.237 e. The molecule has 6 heteroatoms. The Kier molecular flexibility index (Phi) is 5.86. The number of anilines is 1. The van der Waals surface area contributed by atoms with Crippen LogP contribution in [0.25, 0.3) is 0 Å². The molecule has 0 radical (unpaired) electrons. The number of hydrogen-bond acceptors (Lipinski definition) is 5. The molecule has 0 aliphatic carbocycles. The molecule has 112 valence electrons. The van der Waals surface area contributed by atoms with Gasteiger partial charge in [-0.1, -0.05) is 24.9 Å². The Labute approximate surface area is 125 Å². The lowest BCUT2D eigenvalue weighted by molar-refractivity contribution is 0.122. The predicted octanol–water partition coefficient (Wildman–Crippen LogP) is 2.82. The molecule has 1 aliphatic heterocycles. The molecule has 1 aromatic rings. The highest BCUT2D eigenvalue weighted by atomic mass is 35.5. The van der Waals surface area contributed by atoms with E-state index in [1.807, 2.05) is 0 Å². The number of aromatic nitrogens is 2. The van der Waals surface area contributed by atoms with E-state index in [0.717, 1.165) is 19.5 Å². The first-order chi connectivity index (χ1) is 9.70. The number of likely N-dealkylation sites (tertiary alicyclic amines) is 1. The van der Waals surface area contributed by atoms with Crippen molar-refractivity contribution in [1.29, 1.82) is 0 Å². The van der Waals surface area contributed by atoms with E-state index in [0.29, 0.717) is 29.5 Å². The maximum absolute atomic E-state index is 6.09. The first kappa shape index (κ1) is 15.3. The average Bonchev–Trinajstić information content (AvgIpc) is 2.46. The number of nitrogens with zero attached hydrogens (tertiary/aromatic N) is 3. The monoisotopic (exact) mass is 298 g/mol. The highest BCUT2D eigenvalue weighted by molar-refractivity contribution is 6.31. The Morgan fingerprint density at radius 2 is 2.35 bits per heavy atom. The van der Waals surface area contributed by atoms with Crippen LogP contribution in [-0.4, -0.2) is 47.7 Å². The number of rotatable bonds is 6. The molecule has 1 aliphatic rings. The van der Waals surface area contributed by atoms with E-state index in [2.05, 4.69) is 34.2 Å². The second-order valence-corrected chi connectivity index (χ2v) is 5.62. The fourth-order valence-electron chi connectivity index (χ4n) is 2.30. The number of likely N-dealkylation sites (N-methyl/N-ethyl adjacent to an activating group) is 1. The van der Waals surface area contributed by atoms with Crippen LogP contribution in [0.2, 0.25) is 5.02 Å². The minimum Gasteiger partial charge on any atom is -0.475 e. The Bertz CT molecular complexity index is 430. The molecule has 0 bridgehead atoms. The van der Waals surface area contributed by atoms with E-state index in [1.54, 1.807) is 6.20 Å². The summed E-state index contributed by atoms with van der Waals surface area (Å²) in [4.78, 5) is 10.8. The third-order valence-corrected chi connectivity index (χ3v) is 3.84. The first-order valence-corrected chi connectivity index (χ1v) is 7.68. The Morgan fingerprint density at radius 1 is 1.50 bits per heavy atom. The number of halogens is 1. The van der Waals surface area contributed by atoms with Crippen LogP contribution in [0, 0.1) is 0 Å². The van der Waals surface area contributed by atoms with E-state index in [4.69, 9.17) is 16.3 Å². The van der Waals surface area contributed by atoms with Crippen molar-refractivity contribution in [3.8, 4) is 5.88 Å². The van der Waals surface area contributed by atoms with Gasteiger partial charge in [0.1, 0.15) is 11.6 Å². The van der Waals surface area contributed by atoms with E-state index in [9.17, 15) is 0 Å². The zero-order valence-electron chi connectivity index (χ0n) is 12.2. The molecular weight excluding hydrogens is 276 g/mol. The number of hydrogen-bond donors (Lipinski definition) is 1. The zero-order valence-corrected chi connectivity index (χ0v) is 13.0. The SMILES string of the molecule is CCCNc1ncc(Cl)c(OCC2CCCCN2C)n1. The normalized spacial score (nSPS) is 19.9. The lowest BCUT2D eigenvalue weighted by atomic mass is 10.0. The van der Waals surface area contributed by atoms with Gasteiger partial charge in [0.25, 0.3) is 0 Å². The highest BCUT2D eigenvalue weighted by Gasteiger charge is 2.20. The Balaban J connectivity index is 1.93. The predicted molar refractivity (Wildman–Crippen MR) is 81.6 cm³/mol. The second kappa shape index (κ2) is 7.64. The van der Waals surface area contributed by atoms with Crippen LogP contribution < -0.4 is 10.1 Å². The van der Waals surface area contributed by atoms with Crippen LogP contribution in [0.1, 0.15) is 32.6 Å². The van der Waals surface area contributed by atoms with Gasteiger partial charge in [0, 0.05) is 12.6 Å². The van der Waals surface area contributed by atoms with Crippen LogP contribution in [-0.2, 0) is 0 Å². The molecule has 0 aromatic carbocycles. The van der Waals surface area contributed by atoms with Crippen molar-refractivity contribution in [3.63, 3.8) is 0 Å². The van der Waals surface area contributed by atoms with E-state index in [1.165, 1.54) is 19.3 Å². The molecule has 1 unspecified atom stereocenters. The molecule has 0 saturated carbocycles. The van der Waals surface area contributed by atoms with Crippen molar-refractivity contribution in [2.75, 3.05) is 32.1 Å². The van der Waals surface area contributed by atoms with Gasteiger partial charge < -0.3 is 15.0 Å². The van der Waals surface area contributed by atoms with Gasteiger partial charge in [-0.05, 0) is 32.9 Å². The topological polar surface area (TPSA) is 50.3 Å². The van der Waals surface area contributed by atoms with E-state index in [-0.39, 0.29) is 0 Å². The summed E-state index contributed by atoms with van der Waals surface area (Å²) in [6.07, 6.45) is 6.31. The third kappa shape index (κ3) is 4.21. The average molecular weight is 299 g/mol. The molecule has 1 atom stereocenters. The maximum Gasteiger partial charge on any atom is 0.237 e. The zero-order chi connectivity index (χ0) is 14.4. The molecule has 2 heterocycles. The number of ether oxygens (including phenoxy) is 1. The van der Waals surface area contributed by atoms with Gasteiger partial charge in [-0.15, -0.1) is 0 Å². The van der Waals surface area contributed by atoms with Crippen molar-refractivity contribution in [2.24, 2.45) is 0 Å². The minimum absolute atomic E-state index is 0.446. The summed E-state index contributed by atoms with van der Waals surface area (Å²) in [6.45, 7) is 4.70. The van der Waals surface area contributed by atoms with Gasteiger partial charge in [-0.3, -0.25) is 0 Å². The molecule has 1 saturated heterocycles. The van der Waals surface area contributed by atoms with Crippen LogP contribution >= 0.6 is 11.6 Å². The molecule has 0 spiro atoms. The molecule has 0 amide bonds. The largest absolute Gasteiger partial charge is 0.475 e. The van der Waals surface area contributed by atoms with Gasteiger partial charge in [-0.25, -0.2) is 4.98 Å². The molecular formula is C14H23ClN4O. The molecule has 20 heavy (non-hydrogen) atoms. The van der Waals surface area contributed by atoms with Crippen molar-refractivity contribution >= 4 is 17.5 Å². The summed E-state index contributed by atoms with van der Waals surface area (Å²) in [6, 6.07) is 0.446. The van der Waals surface area contributed by atoms with Crippen LogP contribution in [0.5, 0.6) is 5.88 Å². The fraction of sp³-hybridized carbons (Fsp3) is 0.714. The molecule has 2 rings (SSSR count). The lowest BCUT2D eigenvalue weighted by Gasteiger charge is -2.32. The van der Waals surface area contributed by atoms with E-state index < -0.39 is 0 Å². The van der Waals surface area contributed by atoms with Crippen molar-refractivity contribution in [2.45, 2.75) is 38.6 Å². The first-order valence-electron chi connectivity index (χ1n) is 7.30. The summed E-state index contributed by atoms with van der Waals surface area (Å²) in [5, 5.41) is 3.60. The van der Waals surface area contributed by atoms with Crippen LogP contribution in [0.15, 0.2) is 6.20 Å². The lowest BCUT2D eigenvalue weighted by Crippen LogP contribution is -2.40. The van der Waals surface area contributed by atoms with Crippen molar-refractivity contribution < 1.29 is 4.74 Å². The number of nitrogens with one attached hydrogen (secondary N) is 1. The maximum atomic E-state index is 6.09. The van der Waals surface area contributed by atoms with Crippen LogP contribution in [0.3, 0.4) is 0 Å². The summed E-state index contributed by atoms with van der Waals surface area (Å²) in [5.74, 6) is 1.04. The minimum atomic E-state index is 0.446. The van der Waals surface area contributed by atoms with Gasteiger partial charge >= 0.3 is 0 Å². The highest BCUT2D eigenvalue weighted by Crippen LogP contribution is 2.23. The van der Waals surface area contributed by atoms with Crippen LogP contribution in [0.4, 0.5) is 5.95 Å². The Hall–Kier alpha value is -1.07.